The Hall–Kier alpha value is -1.80. The van der Waals surface area contributed by atoms with Crippen molar-refractivity contribution in [2.24, 2.45) is 23.7 Å². The van der Waals surface area contributed by atoms with Crippen LogP contribution in [0, 0.1) is 23.7 Å². The number of benzene rings is 2. The first kappa shape index (κ1) is 17.3. The highest BCUT2D eigenvalue weighted by Gasteiger charge is 2.56. The first-order valence-corrected chi connectivity index (χ1v) is 10.5. The second kappa shape index (κ2) is 6.38. The Morgan fingerprint density at radius 2 is 1.52 bits per heavy atom. The van der Waals surface area contributed by atoms with Gasteiger partial charge in [0.2, 0.25) is 0 Å². The third-order valence-electron chi connectivity index (χ3n) is 8.07. The molecule has 0 aromatic heterocycles. The van der Waals surface area contributed by atoms with Crippen LogP contribution in [0.5, 0.6) is 5.75 Å². The summed E-state index contributed by atoms with van der Waals surface area (Å²) < 4.78 is 5.88. The Morgan fingerprint density at radius 1 is 0.889 bits per heavy atom. The van der Waals surface area contributed by atoms with E-state index in [0.29, 0.717) is 0 Å². The van der Waals surface area contributed by atoms with Gasteiger partial charge in [-0.15, -0.1) is 0 Å². The lowest BCUT2D eigenvalue weighted by Crippen LogP contribution is -2.54. The number of aliphatic hydroxyl groups excluding tert-OH is 1. The van der Waals surface area contributed by atoms with Crippen LogP contribution in [0.3, 0.4) is 0 Å². The maximum absolute atomic E-state index is 10.8. The van der Waals surface area contributed by atoms with Crippen molar-refractivity contribution in [1.29, 1.82) is 0 Å². The van der Waals surface area contributed by atoms with Crippen molar-refractivity contribution in [3.05, 3.63) is 65.2 Å². The van der Waals surface area contributed by atoms with Gasteiger partial charge < -0.3 is 9.84 Å². The molecule has 4 fully saturated rings. The first-order valence-electron chi connectivity index (χ1n) is 10.5. The maximum atomic E-state index is 10.8. The summed E-state index contributed by atoms with van der Waals surface area (Å²) >= 11 is 0. The molecule has 1 unspecified atom stereocenters. The molecular weight excluding hydrogens is 332 g/mol. The molecule has 4 aliphatic carbocycles. The van der Waals surface area contributed by atoms with Crippen molar-refractivity contribution in [2.45, 2.75) is 50.5 Å². The predicted molar refractivity (Wildman–Crippen MR) is 108 cm³/mol. The monoisotopic (exact) mass is 362 g/mol. The minimum Gasteiger partial charge on any atom is -0.496 e. The van der Waals surface area contributed by atoms with Crippen LogP contribution in [-0.4, -0.2) is 12.2 Å². The minimum atomic E-state index is -0.611. The van der Waals surface area contributed by atoms with Gasteiger partial charge in [0.05, 0.1) is 7.11 Å². The first-order chi connectivity index (χ1) is 13.1. The molecule has 0 heterocycles. The van der Waals surface area contributed by atoms with Crippen molar-refractivity contribution < 1.29 is 9.84 Å². The number of methoxy groups -OCH3 is 1. The van der Waals surface area contributed by atoms with Crippen LogP contribution >= 0.6 is 0 Å². The zero-order chi connectivity index (χ0) is 18.6. The Labute approximate surface area is 162 Å². The lowest BCUT2D eigenvalue weighted by molar-refractivity contribution is -0.0531. The van der Waals surface area contributed by atoms with Crippen LogP contribution in [0.4, 0.5) is 0 Å². The zero-order valence-corrected chi connectivity index (χ0v) is 16.4. The Bertz CT molecular complexity index is 797. The summed E-state index contributed by atoms with van der Waals surface area (Å²) in [6.45, 7) is 2.49. The fraction of sp³-hybridized carbons (Fsp3) is 0.520. The van der Waals surface area contributed by atoms with Gasteiger partial charge >= 0.3 is 0 Å². The van der Waals surface area contributed by atoms with E-state index in [1.807, 2.05) is 30.3 Å². The third-order valence-corrected chi connectivity index (χ3v) is 8.07. The Kier molecular flexibility index (Phi) is 4.09. The SMILES string of the molecule is COc1cc(C(O)c2ccccc2)ccc1C1(C)C2CC3CC(C2)CC1C3. The van der Waals surface area contributed by atoms with Crippen LogP contribution in [0.15, 0.2) is 48.5 Å². The topological polar surface area (TPSA) is 29.5 Å². The molecule has 1 N–H and O–H groups in total. The average molecular weight is 363 g/mol. The fourth-order valence-electron chi connectivity index (χ4n) is 6.75. The van der Waals surface area contributed by atoms with Gasteiger partial charge in [-0.05, 0) is 73.0 Å². The van der Waals surface area contributed by atoms with Crippen LogP contribution in [0.2, 0.25) is 0 Å². The van der Waals surface area contributed by atoms with Crippen molar-refractivity contribution in [3.63, 3.8) is 0 Å². The number of hydrogen-bond acceptors (Lipinski definition) is 2. The summed E-state index contributed by atoms with van der Waals surface area (Å²) in [7, 11) is 1.77. The van der Waals surface area contributed by atoms with Crippen LogP contribution < -0.4 is 4.74 Å². The molecule has 2 aromatic carbocycles. The summed E-state index contributed by atoms with van der Waals surface area (Å²) in [6.07, 6.45) is 6.42. The minimum absolute atomic E-state index is 0.217. The largest absolute Gasteiger partial charge is 0.496 e. The molecule has 6 rings (SSSR count). The van der Waals surface area contributed by atoms with Gasteiger partial charge in [0.15, 0.2) is 0 Å². The summed E-state index contributed by atoms with van der Waals surface area (Å²) in [5.41, 5.74) is 3.42. The van der Waals surface area contributed by atoms with Crippen LogP contribution in [0.1, 0.15) is 61.8 Å². The van der Waals surface area contributed by atoms with Crippen molar-refractivity contribution in [3.8, 4) is 5.75 Å². The molecule has 1 atom stereocenters. The quantitative estimate of drug-likeness (QED) is 0.779. The lowest BCUT2D eigenvalue weighted by atomic mass is 9.44. The van der Waals surface area contributed by atoms with E-state index >= 15 is 0 Å². The number of aliphatic hydroxyl groups is 1. The molecule has 4 bridgehead atoms. The highest BCUT2D eigenvalue weighted by Crippen LogP contribution is 2.63. The second-order valence-electron chi connectivity index (χ2n) is 9.36. The summed E-state index contributed by atoms with van der Waals surface area (Å²) in [6, 6.07) is 16.3. The van der Waals surface area contributed by atoms with E-state index < -0.39 is 6.10 Å². The van der Waals surface area contributed by atoms with E-state index in [1.165, 1.54) is 37.7 Å². The van der Waals surface area contributed by atoms with Crippen molar-refractivity contribution in [2.75, 3.05) is 7.11 Å². The average Bonchev–Trinajstić information content (AvgIpc) is 2.71. The molecule has 2 nitrogen and oxygen atoms in total. The Balaban J connectivity index is 1.52. The fourth-order valence-corrected chi connectivity index (χ4v) is 6.75. The smallest absolute Gasteiger partial charge is 0.123 e. The highest BCUT2D eigenvalue weighted by molar-refractivity contribution is 5.46. The number of rotatable bonds is 4. The summed E-state index contributed by atoms with van der Waals surface area (Å²) in [5, 5.41) is 10.8. The molecule has 4 aliphatic rings. The second-order valence-corrected chi connectivity index (χ2v) is 9.36. The Morgan fingerprint density at radius 3 is 2.11 bits per heavy atom. The third kappa shape index (κ3) is 2.64. The van der Waals surface area contributed by atoms with Crippen LogP contribution in [0.25, 0.3) is 0 Å². The molecule has 0 radical (unpaired) electrons. The van der Waals surface area contributed by atoms with Gasteiger partial charge in [-0.1, -0.05) is 49.4 Å². The zero-order valence-electron chi connectivity index (χ0n) is 16.4. The predicted octanol–water partition coefficient (Wildman–Crippen LogP) is 5.49. The molecule has 4 saturated carbocycles. The number of ether oxygens (including phenoxy) is 1. The molecule has 2 aromatic rings. The van der Waals surface area contributed by atoms with Gasteiger partial charge in [0.1, 0.15) is 11.9 Å². The van der Waals surface area contributed by atoms with Crippen molar-refractivity contribution >= 4 is 0 Å². The van der Waals surface area contributed by atoms with Crippen molar-refractivity contribution in [1.82, 2.24) is 0 Å². The summed E-state index contributed by atoms with van der Waals surface area (Å²) in [4.78, 5) is 0. The highest BCUT2D eigenvalue weighted by atomic mass is 16.5. The van der Waals surface area contributed by atoms with E-state index in [0.717, 1.165) is 40.5 Å². The van der Waals surface area contributed by atoms with E-state index in [2.05, 4.69) is 25.1 Å². The number of hydrogen-bond donors (Lipinski definition) is 1. The van der Waals surface area contributed by atoms with Gasteiger partial charge in [0.25, 0.3) is 0 Å². The molecule has 142 valence electrons. The van der Waals surface area contributed by atoms with E-state index in [-0.39, 0.29) is 5.41 Å². The normalized spacial score (nSPS) is 35.2. The van der Waals surface area contributed by atoms with Gasteiger partial charge in [-0.2, -0.15) is 0 Å². The molecule has 0 aliphatic heterocycles. The van der Waals surface area contributed by atoms with Gasteiger partial charge in [0, 0.05) is 11.0 Å². The lowest BCUT2D eigenvalue weighted by Gasteiger charge is -2.60. The molecule has 0 saturated heterocycles. The van der Waals surface area contributed by atoms with Crippen LogP contribution in [-0.2, 0) is 5.41 Å². The summed E-state index contributed by atoms with van der Waals surface area (Å²) in [5.74, 6) is 4.45. The van der Waals surface area contributed by atoms with E-state index in [4.69, 9.17) is 4.74 Å². The van der Waals surface area contributed by atoms with E-state index in [1.54, 1.807) is 7.11 Å². The molecule has 0 amide bonds. The molecular formula is C25H30O2. The van der Waals surface area contributed by atoms with Gasteiger partial charge in [-0.3, -0.25) is 0 Å². The molecule has 0 spiro atoms. The molecule has 2 heteroatoms. The maximum Gasteiger partial charge on any atom is 0.123 e. The standard InChI is InChI=1S/C25H30O2/c1-25(20-11-16-10-17(13-20)14-21(25)12-16)22-9-8-19(15-23(22)27-2)24(26)18-6-4-3-5-7-18/h3-9,15-17,20-21,24,26H,10-14H2,1-2H3. The van der Waals surface area contributed by atoms with E-state index in [9.17, 15) is 5.11 Å². The molecule has 27 heavy (non-hydrogen) atoms. The van der Waals surface area contributed by atoms with Gasteiger partial charge in [-0.25, -0.2) is 0 Å².